The van der Waals surface area contributed by atoms with Crippen molar-refractivity contribution in [1.29, 1.82) is 0 Å². The average Bonchev–Trinajstić information content (AvgIpc) is 2.70. The van der Waals surface area contributed by atoms with Crippen molar-refractivity contribution in [3.8, 4) is 0 Å². The van der Waals surface area contributed by atoms with E-state index in [9.17, 15) is 5.11 Å². The van der Waals surface area contributed by atoms with Crippen LogP contribution in [-0.4, -0.2) is 36.2 Å². The smallest absolute Gasteiger partial charge is 0.0596 e. The van der Waals surface area contributed by atoms with Gasteiger partial charge < -0.3 is 10.0 Å². The molecule has 0 radical (unpaired) electrons. The Balaban J connectivity index is 1.63. The maximum atomic E-state index is 10.5. The van der Waals surface area contributed by atoms with E-state index in [1.165, 1.54) is 58.0 Å². The summed E-state index contributed by atoms with van der Waals surface area (Å²) in [4.78, 5) is 2.56. The van der Waals surface area contributed by atoms with E-state index in [1.807, 2.05) is 0 Å². The van der Waals surface area contributed by atoms with Gasteiger partial charge in [-0.05, 0) is 106 Å². The second-order valence-electron chi connectivity index (χ2n) is 9.64. The lowest BCUT2D eigenvalue weighted by Crippen LogP contribution is -2.52. The van der Waals surface area contributed by atoms with Gasteiger partial charge in [0.2, 0.25) is 0 Å². The van der Waals surface area contributed by atoms with Crippen LogP contribution in [0.25, 0.3) is 0 Å². The van der Waals surface area contributed by atoms with Gasteiger partial charge >= 0.3 is 0 Å². The van der Waals surface area contributed by atoms with Crippen molar-refractivity contribution in [2.75, 3.05) is 20.1 Å². The molecule has 0 amide bonds. The van der Waals surface area contributed by atoms with Crippen molar-refractivity contribution in [3.05, 3.63) is 0 Å². The van der Waals surface area contributed by atoms with Crippen molar-refractivity contribution >= 4 is 0 Å². The zero-order valence-corrected chi connectivity index (χ0v) is 14.9. The highest BCUT2D eigenvalue weighted by Gasteiger charge is 2.59. The molecule has 1 saturated heterocycles. The average molecular weight is 306 g/mol. The second kappa shape index (κ2) is 5.21. The lowest BCUT2D eigenvalue weighted by molar-refractivity contribution is -0.109. The molecule has 7 unspecified atom stereocenters. The summed E-state index contributed by atoms with van der Waals surface area (Å²) in [5.41, 5.74) is 0.814. The predicted molar refractivity (Wildman–Crippen MR) is 90.6 cm³/mol. The van der Waals surface area contributed by atoms with E-state index in [1.54, 1.807) is 0 Å². The van der Waals surface area contributed by atoms with E-state index in [0.717, 1.165) is 30.1 Å². The van der Waals surface area contributed by atoms with E-state index in [0.29, 0.717) is 5.41 Å². The van der Waals surface area contributed by atoms with Gasteiger partial charge in [0.15, 0.2) is 0 Å². The topological polar surface area (TPSA) is 23.5 Å². The lowest BCUT2D eigenvalue weighted by Gasteiger charge is -2.58. The van der Waals surface area contributed by atoms with Crippen LogP contribution in [0.1, 0.15) is 65.2 Å². The predicted octanol–water partition coefficient (Wildman–Crippen LogP) is 3.93. The zero-order chi connectivity index (χ0) is 15.5. The van der Waals surface area contributed by atoms with Gasteiger partial charge in [0, 0.05) is 0 Å². The standard InChI is InChI=1S/C20H35NO/c1-19-11-13-21(3)12-9-14(19)4-5-15-16-6-7-18(22)20(16,2)10-8-17(15)19/h14-18,22H,4-13H2,1-3H3. The van der Waals surface area contributed by atoms with E-state index in [-0.39, 0.29) is 11.5 Å². The number of hydrogen-bond acceptors (Lipinski definition) is 2. The summed E-state index contributed by atoms with van der Waals surface area (Å²) in [5, 5.41) is 10.5. The quantitative estimate of drug-likeness (QED) is 0.733. The van der Waals surface area contributed by atoms with Gasteiger partial charge in [-0.3, -0.25) is 0 Å². The van der Waals surface area contributed by atoms with Crippen LogP contribution in [0.2, 0.25) is 0 Å². The summed E-state index contributed by atoms with van der Waals surface area (Å²) in [7, 11) is 2.31. The number of aliphatic hydroxyl groups is 1. The minimum absolute atomic E-state index is 0.0238. The molecule has 3 saturated carbocycles. The van der Waals surface area contributed by atoms with Gasteiger partial charge in [-0.1, -0.05) is 13.8 Å². The van der Waals surface area contributed by atoms with Crippen molar-refractivity contribution < 1.29 is 5.11 Å². The molecule has 1 heterocycles. The van der Waals surface area contributed by atoms with Crippen molar-refractivity contribution in [1.82, 2.24) is 4.90 Å². The van der Waals surface area contributed by atoms with Crippen LogP contribution < -0.4 is 0 Å². The van der Waals surface area contributed by atoms with E-state index in [4.69, 9.17) is 0 Å². The summed E-state index contributed by atoms with van der Waals surface area (Å²) in [6.07, 6.45) is 10.7. The maximum absolute atomic E-state index is 10.5. The highest BCUT2D eigenvalue weighted by molar-refractivity contribution is 5.08. The molecule has 3 aliphatic carbocycles. The molecule has 0 aromatic heterocycles. The molecule has 7 atom stereocenters. The van der Waals surface area contributed by atoms with Gasteiger partial charge in [-0.2, -0.15) is 0 Å². The van der Waals surface area contributed by atoms with Crippen LogP contribution >= 0.6 is 0 Å². The first kappa shape index (κ1) is 15.4. The molecule has 0 aromatic rings. The fourth-order valence-electron chi connectivity index (χ4n) is 7.29. The molecular weight excluding hydrogens is 270 g/mol. The van der Waals surface area contributed by atoms with E-state index in [2.05, 4.69) is 25.8 Å². The number of nitrogens with zero attached hydrogens (tertiary/aromatic N) is 1. The van der Waals surface area contributed by atoms with Crippen LogP contribution in [0, 0.1) is 34.5 Å². The molecule has 0 bridgehead atoms. The first-order valence-corrected chi connectivity index (χ1v) is 9.82. The number of likely N-dealkylation sites (tertiary alicyclic amines) is 1. The van der Waals surface area contributed by atoms with E-state index >= 15 is 0 Å². The monoisotopic (exact) mass is 305 g/mol. The third-order valence-electron chi connectivity index (χ3n) is 8.91. The molecule has 126 valence electrons. The Labute approximate surface area is 136 Å². The first-order valence-electron chi connectivity index (χ1n) is 9.82. The number of rotatable bonds is 0. The Morgan fingerprint density at radius 3 is 2.41 bits per heavy atom. The summed E-state index contributed by atoms with van der Waals surface area (Å²) < 4.78 is 0. The zero-order valence-electron chi connectivity index (χ0n) is 14.9. The summed E-state index contributed by atoms with van der Waals surface area (Å²) >= 11 is 0. The van der Waals surface area contributed by atoms with Crippen molar-refractivity contribution in [2.45, 2.75) is 71.3 Å². The molecule has 1 aliphatic heterocycles. The molecule has 1 N–H and O–H groups in total. The van der Waals surface area contributed by atoms with Gasteiger partial charge in [0.1, 0.15) is 0 Å². The Bertz CT molecular complexity index is 437. The van der Waals surface area contributed by atoms with Gasteiger partial charge in [0.25, 0.3) is 0 Å². The first-order chi connectivity index (χ1) is 10.4. The van der Waals surface area contributed by atoms with E-state index < -0.39 is 0 Å². The normalized spacial score (nSPS) is 55.9. The van der Waals surface area contributed by atoms with Crippen LogP contribution in [0.3, 0.4) is 0 Å². The molecule has 0 spiro atoms. The molecule has 22 heavy (non-hydrogen) atoms. The highest BCUT2D eigenvalue weighted by atomic mass is 16.3. The number of aliphatic hydroxyl groups excluding tert-OH is 1. The second-order valence-corrected chi connectivity index (χ2v) is 9.64. The lowest BCUT2D eigenvalue weighted by atomic mass is 9.47. The third kappa shape index (κ3) is 2.05. The van der Waals surface area contributed by atoms with Gasteiger partial charge in [-0.15, -0.1) is 0 Å². The van der Waals surface area contributed by atoms with Crippen LogP contribution in [0.4, 0.5) is 0 Å². The Morgan fingerprint density at radius 1 is 0.818 bits per heavy atom. The molecular formula is C20H35NO. The Kier molecular flexibility index (Phi) is 3.66. The summed E-state index contributed by atoms with van der Waals surface area (Å²) in [6.45, 7) is 7.64. The van der Waals surface area contributed by atoms with Crippen molar-refractivity contribution in [2.24, 2.45) is 34.5 Å². The minimum Gasteiger partial charge on any atom is -0.393 e. The third-order valence-corrected chi connectivity index (χ3v) is 8.91. The molecule has 2 heteroatoms. The molecule has 4 fully saturated rings. The van der Waals surface area contributed by atoms with Crippen LogP contribution in [-0.2, 0) is 0 Å². The van der Waals surface area contributed by atoms with Crippen LogP contribution in [0.5, 0.6) is 0 Å². The minimum atomic E-state index is -0.0238. The highest BCUT2D eigenvalue weighted by Crippen LogP contribution is 2.65. The van der Waals surface area contributed by atoms with Gasteiger partial charge in [-0.25, -0.2) is 0 Å². The fraction of sp³-hybridized carbons (Fsp3) is 1.00. The largest absolute Gasteiger partial charge is 0.393 e. The number of fused-ring (bicyclic) bond motifs is 5. The van der Waals surface area contributed by atoms with Crippen LogP contribution in [0.15, 0.2) is 0 Å². The molecule has 0 aromatic carbocycles. The van der Waals surface area contributed by atoms with Gasteiger partial charge in [0.05, 0.1) is 6.10 Å². The molecule has 4 rings (SSSR count). The summed E-state index contributed by atoms with van der Waals surface area (Å²) in [6, 6.07) is 0. The van der Waals surface area contributed by atoms with Crippen molar-refractivity contribution in [3.63, 3.8) is 0 Å². The SMILES string of the molecule is CN1CCC2CCC3C4CCC(O)C4(C)CCC3C2(C)CC1. The Morgan fingerprint density at radius 2 is 1.59 bits per heavy atom. The number of hydrogen-bond donors (Lipinski definition) is 1. The molecule has 2 nitrogen and oxygen atoms in total. The maximum Gasteiger partial charge on any atom is 0.0596 e. The Hall–Kier alpha value is -0.0800. The fourth-order valence-corrected chi connectivity index (χ4v) is 7.29. The molecule has 4 aliphatic rings. The summed E-state index contributed by atoms with van der Waals surface area (Å²) in [5.74, 6) is 3.59.